The Morgan fingerprint density at radius 3 is 2.66 bits per heavy atom. The molecule has 9 heteroatoms. The third kappa shape index (κ3) is 5.14. The van der Waals surface area contributed by atoms with Gasteiger partial charge in [0, 0.05) is 32.5 Å². The van der Waals surface area contributed by atoms with E-state index in [1.165, 1.54) is 0 Å². The van der Waals surface area contributed by atoms with Gasteiger partial charge in [-0.25, -0.2) is 4.31 Å². The molecule has 2 atom stereocenters. The topological polar surface area (TPSA) is 102 Å². The lowest BCUT2D eigenvalue weighted by molar-refractivity contribution is 0.0889. The number of carbonyl (C=O) groups is 1. The van der Waals surface area contributed by atoms with Crippen LogP contribution in [0.1, 0.15) is 62.6 Å². The van der Waals surface area contributed by atoms with Crippen molar-refractivity contribution < 1.29 is 19.8 Å². The predicted molar refractivity (Wildman–Crippen MR) is 115 cm³/mol. The normalized spacial score (nSPS) is 28.4. The molecule has 0 unspecified atom stereocenters. The summed E-state index contributed by atoms with van der Waals surface area (Å²) in [7, 11) is -0.650. The molecule has 1 saturated carbocycles. The molecule has 0 radical (unpaired) electrons. The molecule has 2 aliphatic heterocycles. The highest BCUT2D eigenvalue weighted by molar-refractivity contribution is 8.22. The molecule has 4 rings (SSSR count). The first kappa shape index (κ1) is 21.1. The Kier molecular flexibility index (Phi) is 6.22. The second-order valence-corrected chi connectivity index (χ2v) is 11.3. The molecule has 1 aromatic rings. The van der Waals surface area contributed by atoms with E-state index < -0.39 is 10.8 Å². The van der Waals surface area contributed by atoms with E-state index in [2.05, 4.69) is 29.3 Å². The van der Waals surface area contributed by atoms with E-state index in [4.69, 9.17) is 4.52 Å². The number of hydrogen-bond acceptors (Lipinski definition) is 7. The summed E-state index contributed by atoms with van der Waals surface area (Å²) in [5, 5.41) is 6.98. The molecular formula is C20H36N4O4S. The highest BCUT2D eigenvalue weighted by Crippen LogP contribution is 2.48. The number of aromatic nitrogens is 1. The molecule has 0 spiro atoms. The van der Waals surface area contributed by atoms with Crippen molar-refractivity contribution in [2.45, 2.75) is 51.0 Å². The van der Waals surface area contributed by atoms with Crippen LogP contribution in [0.5, 0.6) is 0 Å². The minimum absolute atomic E-state index is 0. The number of hydrogen-bond donors (Lipinski definition) is 3. The SMILES string of the molecule is C[C@H]1CN(S(O)(O)CC2CCN(C)CC2)CC[C@H]1NC(=O)c1cc(C2CC2)on1.[HH]. The number of piperidine rings is 2. The Balaban J connectivity index is 0.00000256. The molecule has 166 valence electrons. The summed E-state index contributed by atoms with van der Waals surface area (Å²) in [6.07, 6.45) is 4.96. The lowest BCUT2D eigenvalue weighted by Crippen LogP contribution is -2.51. The zero-order valence-corrected chi connectivity index (χ0v) is 18.2. The molecule has 0 bridgehead atoms. The molecular weight excluding hydrogens is 392 g/mol. The molecule has 2 saturated heterocycles. The molecule has 8 nitrogen and oxygen atoms in total. The smallest absolute Gasteiger partial charge is 0.273 e. The van der Waals surface area contributed by atoms with E-state index in [0.29, 0.717) is 42.8 Å². The lowest BCUT2D eigenvalue weighted by Gasteiger charge is -2.50. The van der Waals surface area contributed by atoms with E-state index >= 15 is 0 Å². The maximum Gasteiger partial charge on any atom is 0.273 e. The van der Waals surface area contributed by atoms with Crippen LogP contribution in [0.2, 0.25) is 0 Å². The summed E-state index contributed by atoms with van der Waals surface area (Å²) in [4.78, 5) is 14.8. The van der Waals surface area contributed by atoms with Crippen molar-refractivity contribution in [1.29, 1.82) is 0 Å². The van der Waals surface area contributed by atoms with Crippen LogP contribution >= 0.6 is 10.8 Å². The molecule has 1 aliphatic carbocycles. The summed E-state index contributed by atoms with van der Waals surface area (Å²) in [6.45, 7) is 5.26. The highest BCUT2D eigenvalue weighted by Gasteiger charge is 2.36. The van der Waals surface area contributed by atoms with Gasteiger partial charge >= 0.3 is 0 Å². The fourth-order valence-electron chi connectivity index (χ4n) is 4.44. The molecule has 3 fully saturated rings. The van der Waals surface area contributed by atoms with Crippen molar-refractivity contribution in [3.63, 3.8) is 0 Å². The summed E-state index contributed by atoms with van der Waals surface area (Å²) in [5.74, 6) is 2.00. The van der Waals surface area contributed by atoms with E-state index in [-0.39, 0.29) is 19.3 Å². The Morgan fingerprint density at radius 2 is 2.00 bits per heavy atom. The van der Waals surface area contributed by atoms with E-state index in [1.807, 2.05) is 4.31 Å². The van der Waals surface area contributed by atoms with Crippen LogP contribution < -0.4 is 5.32 Å². The van der Waals surface area contributed by atoms with Gasteiger partial charge in [-0.2, -0.15) is 0 Å². The van der Waals surface area contributed by atoms with Crippen molar-refractivity contribution in [3.8, 4) is 0 Å². The first-order chi connectivity index (χ1) is 13.8. The Labute approximate surface area is 176 Å². The van der Waals surface area contributed by atoms with Gasteiger partial charge in [0.05, 0.1) is 5.75 Å². The van der Waals surface area contributed by atoms with Crippen LogP contribution in [-0.2, 0) is 0 Å². The van der Waals surface area contributed by atoms with E-state index in [1.54, 1.807) is 6.07 Å². The maximum absolute atomic E-state index is 12.5. The number of nitrogens with one attached hydrogen (secondary N) is 1. The first-order valence-corrected chi connectivity index (χ1v) is 12.5. The van der Waals surface area contributed by atoms with Crippen molar-refractivity contribution in [2.24, 2.45) is 11.8 Å². The van der Waals surface area contributed by atoms with Gasteiger partial charge in [0.2, 0.25) is 0 Å². The third-order valence-corrected chi connectivity index (χ3v) is 8.71. The number of likely N-dealkylation sites (tertiary alicyclic amines) is 1. The van der Waals surface area contributed by atoms with Crippen LogP contribution in [0, 0.1) is 11.8 Å². The Morgan fingerprint density at radius 1 is 1.28 bits per heavy atom. The van der Waals surface area contributed by atoms with Crippen LogP contribution in [0.15, 0.2) is 10.6 Å². The summed E-state index contributed by atoms with van der Waals surface area (Å²) >= 11 is 0. The molecule has 1 aromatic heterocycles. The second kappa shape index (κ2) is 8.55. The minimum Gasteiger partial charge on any atom is -0.360 e. The van der Waals surface area contributed by atoms with Gasteiger partial charge in [0.25, 0.3) is 5.91 Å². The molecule has 1 amide bonds. The fourth-order valence-corrected chi connectivity index (χ4v) is 6.48. The third-order valence-electron chi connectivity index (χ3n) is 6.64. The molecule has 3 heterocycles. The average molecular weight is 429 g/mol. The van der Waals surface area contributed by atoms with Crippen molar-refractivity contribution in [2.75, 3.05) is 39.0 Å². The Hall–Kier alpha value is -1.13. The van der Waals surface area contributed by atoms with Crippen molar-refractivity contribution in [1.82, 2.24) is 19.7 Å². The van der Waals surface area contributed by atoms with E-state index in [9.17, 15) is 13.9 Å². The largest absolute Gasteiger partial charge is 0.360 e. The monoisotopic (exact) mass is 428 g/mol. The van der Waals surface area contributed by atoms with E-state index in [0.717, 1.165) is 44.5 Å². The highest BCUT2D eigenvalue weighted by atomic mass is 32.3. The van der Waals surface area contributed by atoms with Gasteiger partial charge in [-0.1, -0.05) is 12.1 Å². The fraction of sp³-hybridized carbons (Fsp3) is 0.800. The van der Waals surface area contributed by atoms with Crippen LogP contribution in [0.4, 0.5) is 0 Å². The van der Waals surface area contributed by atoms with Gasteiger partial charge in [-0.3, -0.25) is 13.9 Å². The van der Waals surface area contributed by atoms with Crippen LogP contribution in [0.3, 0.4) is 0 Å². The number of carbonyl (C=O) groups excluding carboxylic acids is 1. The van der Waals surface area contributed by atoms with Gasteiger partial charge < -0.3 is 14.7 Å². The van der Waals surface area contributed by atoms with Crippen molar-refractivity contribution in [3.05, 3.63) is 17.5 Å². The molecule has 29 heavy (non-hydrogen) atoms. The predicted octanol–water partition coefficient (Wildman–Crippen LogP) is 3.25. The zero-order chi connectivity index (χ0) is 20.6. The standard InChI is InChI=1S/C20H34N4O4S.H2/c1-14-12-24(29(26,27)13-15-5-8-23(2)9-6-15)10-7-17(14)21-20(25)18-11-19(28-22-18)16-3-4-16;/h11,14-17,26-27H,3-10,12-13H2,1-2H3,(H,21,25);1H/t14-,17+;/m0./s1. The minimum atomic E-state index is -2.76. The second-order valence-electron chi connectivity index (χ2n) is 9.17. The average Bonchev–Trinajstić information content (AvgIpc) is 3.41. The van der Waals surface area contributed by atoms with Gasteiger partial charge in [-0.05, 0) is 64.1 Å². The summed E-state index contributed by atoms with van der Waals surface area (Å²) in [6, 6.07) is 1.75. The van der Waals surface area contributed by atoms with Crippen LogP contribution in [-0.4, -0.2) is 74.4 Å². The first-order valence-electron chi connectivity index (χ1n) is 10.8. The quantitative estimate of drug-likeness (QED) is 0.639. The summed E-state index contributed by atoms with van der Waals surface area (Å²) in [5.41, 5.74) is 0.341. The maximum atomic E-state index is 12.5. The number of nitrogens with zero attached hydrogens (tertiary/aromatic N) is 3. The Bertz CT molecular complexity index is 721. The van der Waals surface area contributed by atoms with Gasteiger partial charge in [0.1, 0.15) is 5.76 Å². The summed E-state index contributed by atoms with van der Waals surface area (Å²) < 4.78 is 28.8. The van der Waals surface area contributed by atoms with Crippen LogP contribution in [0.25, 0.3) is 0 Å². The number of amides is 1. The molecule has 0 aromatic carbocycles. The van der Waals surface area contributed by atoms with Crippen molar-refractivity contribution >= 4 is 16.7 Å². The van der Waals surface area contributed by atoms with Gasteiger partial charge in [0.15, 0.2) is 5.69 Å². The van der Waals surface area contributed by atoms with Gasteiger partial charge in [-0.15, -0.1) is 10.8 Å². The number of rotatable bonds is 6. The lowest BCUT2D eigenvalue weighted by atomic mass is 9.95. The molecule has 3 aliphatic rings. The zero-order valence-electron chi connectivity index (χ0n) is 17.4. The molecule has 3 N–H and O–H groups in total.